The number of aliphatic imine (C=N–C) groups is 1. The number of fused-ring (bicyclic) bond motifs is 2. The van der Waals surface area contributed by atoms with E-state index in [2.05, 4.69) is 63.4 Å². The maximum absolute atomic E-state index is 14.0. The summed E-state index contributed by atoms with van der Waals surface area (Å²) in [5.41, 5.74) is 6.76. The van der Waals surface area contributed by atoms with Gasteiger partial charge in [-0.15, -0.1) is 0 Å². The highest BCUT2D eigenvalue weighted by Gasteiger charge is 2.41. The highest BCUT2D eigenvalue weighted by molar-refractivity contribution is 6.06. The summed E-state index contributed by atoms with van der Waals surface area (Å²) in [7, 11) is 2.60. The number of hydrogen-bond donors (Lipinski definition) is 4. The number of aromatic amines is 1. The van der Waals surface area contributed by atoms with Crippen LogP contribution in [0.25, 0.3) is 33.2 Å². The van der Waals surface area contributed by atoms with Gasteiger partial charge in [-0.25, -0.2) is 19.6 Å². The molecule has 2 fully saturated rings. The van der Waals surface area contributed by atoms with Crippen LogP contribution in [-0.2, 0) is 19.1 Å². The minimum Gasteiger partial charge on any atom is -0.453 e. The number of alkyl carbamates (subject to hydrolysis) is 2. The van der Waals surface area contributed by atoms with Crippen molar-refractivity contribution in [3.8, 4) is 11.3 Å². The zero-order valence-corrected chi connectivity index (χ0v) is 34.9. The number of pyridine rings is 1. The number of aromatic nitrogens is 3. The maximum atomic E-state index is 14.0. The SMILES string of the molecule is COC(=O)NC(C(=O)N1CCCC1c1nc2nc(-c3ccc4cc(C5=NC(C6CCCN6C(=O)C(NC(=O)OC)C6=CCC=CC6)NC5)ccc4c3)ccc2[nH]1)C1=CCC=CC1. The van der Waals surface area contributed by atoms with E-state index in [0.29, 0.717) is 50.4 Å². The number of hydrogen-bond acceptors (Lipinski definition) is 10. The Kier molecular flexibility index (Phi) is 11.7. The Morgan fingerprint density at radius 2 is 1.37 bits per heavy atom. The molecule has 320 valence electrons. The van der Waals surface area contributed by atoms with Crippen molar-refractivity contribution in [2.24, 2.45) is 4.99 Å². The molecule has 15 nitrogen and oxygen atoms in total. The molecule has 0 bridgehead atoms. The van der Waals surface area contributed by atoms with Gasteiger partial charge in [0.15, 0.2) is 5.65 Å². The first-order valence-corrected chi connectivity index (χ1v) is 21.5. The third-order valence-corrected chi connectivity index (χ3v) is 12.6. The standard InChI is InChI=1S/C47H51N9O6/c1-61-46(59)52-39(28-11-5-3-6-12-28)44(57)55-23-9-15-37(55)42-48-27-36(51-42)33-20-18-30-25-32(19-17-31(30)26-33)34-21-22-35-41(49-34)54-43(50-35)38-16-10-24-56(38)45(58)40(53-47(60)62-2)29-13-7-4-8-14-29/h3-5,7,12,14,17-22,25-26,37-40,42,48H,6,8-11,13,15-16,23-24,27H2,1-2H3,(H,52,59)(H,53,60)(H,49,50,54). The van der Waals surface area contributed by atoms with Gasteiger partial charge in [-0.05, 0) is 103 Å². The van der Waals surface area contributed by atoms with Crippen molar-refractivity contribution in [2.75, 3.05) is 33.9 Å². The first-order chi connectivity index (χ1) is 30.3. The lowest BCUT2D eigenvalue weighted by molar-refractivity contribution is -0.134. The van der Waals surface area contributed by atoms with Crippen LogP contribution in [0.15, 0.2) is 101 Å². The summed E-state index contributed by atoms with van der Waals surface area (Å²) in [5.74, 6) is 0.358. The van der Waals surface area contributed by atoms with Crippen molar-refractivity contribution >= 4 is 51.6 Å². The summed E-state index contributed by atoms with van der Waals surface area (Å²) in [4.78, 5) is 74.7. The zero-order valence-electron chi connectivity index (χ0n) is 34.9. The van der Waals surface area contributed by atoms with Gasteiger partial charge in [0.25, 0.3) is 0 Å². The van der Waals surface area contributed by atoms with E-state index in [-0.39, 0.29) is 30.1 Å². The van der Waals surface area contributed by atoms with Gasteiger partial charge in [-0.1, -0.05) is 60.7 Å². The van der Waals surface area contributed by atoms with Gasteiger partial charge in [-0.3, -0.25) is 19.9 Å². The molecule has 4 aromatic rings. The largest absolute Gasteiger partial charge is 0.453 e. The predicted octanol–water partition coefficient (Wildman–Crippen LogP) is 6.15. The number of allylic oxidation sites excluding steroid dienone is 6. The molecule has 5 heterocycles. The molecule has 4 amide bonds. The number of imidazole rings is 1. The third-order valence-electron chi connectivity index (χ3n) is 12.6. The fourth-order valence-corrected chi connectivity index (χ4v) is 9.40. The molecule has 0 radical (unpaired) electrons. The maximum Gasteiger partial charge on any atom is 0.407 e. The molecule has 9 rings (SSSR count). The second-order valence-electron chi connectivity index (χ2n) is 16.3. The lowest BCUT2D eigenvalue weighted by Crippen LogP contribution is -2.54. The van der Waals surface area contributed by atoms with E-state index in [1.807, 2.05) is 52.3 Å². The Labute approximate surface area is 359 Å². The number of H-pyrrole nitrogens is 1. The molecule has 2 aromatic heterocycles. The van der Waals surface area contributed by atoms with Crippen molar-refractivity contribution in [2.45, 2.75) is 81.7 Å². The number of carbonyl (C=O) groups is 4. The monoisotopic (exact) mass is 837 g/mol. The van der Waals surface area contributed by atoms with E-state index in [1.54, 1.807) is 0 Å². The van der Waals surface area contributed by atoms with Crippen LogP contribution >= 0.6 is 0 Å². The van der Waals surface area contributed by atoms with Gasteiger partial charge in [0.05, 0.1) is 43.2 Å². The van der Waals surface area contributed by atoms with Gasteiger partial charge < -0.3 is 34.9 Å². The number of amides is 4. The van der Waals surface area contributed by atoms with E-state index in [1.165, 1.54) is 14.2 Å². The molecule has 2 aliphatic carbocycles. The Balaban J connectivity index is 0.898. The third kappa shape index (κ3) is 8.24. The number of benzene rings is 2. The van der Waals surface area contributed by atoms with Crippen LogP contribution < -0.4 is 16.0 Å². The highest BCUT2D eigenvalue weighted by Crippen LogP contribution is 2.34. The second-order valence-corrected chi connectivity index (χ2v) is 16.3. The summed E-state index contributed by atoms with van der Waals surface area (Å²) in [6.07, 6.45) is 16.5. The number of methoxy groups -OCH3 is 2. The Morgan fingerprint density at radius 3 is 2.03 bits per heavy atom. The molecule has 4 N–H and O–H groups in total. The van der Waals surface area contributed by atoms with Gasteiger partial charge >= 0.3 is 12.2 Å². The number of likely N-dealkylation sites (tertiary alicyclic amines) is 2. The van der Waals surface area contributed by atoms with Gasteiger partial charge in [0.1, 0.15) is 24.1 Å². The summed E-state index contributed by atoms with van der Waals surface area (Å²) >= 11 is 0. The number of rotatable bonds is 10. The predicted molar refractivity (Wildman–Crippen MR) is 235 cm³/mol. The molecule has 0 spiro atoms. The molecule has 3 aliphatic heterocycles. The van der Waals surface area contributed by atoms with Gasteiger partial charge in [0.2, 0.25) is 11.8 Å². The molecule has 2 saturated heterocycles. The van der Waals surface area contributed by atoms with E-state index in [9.17, 15) is 19.2 Å². The lowest BCUT2D eigenvalue weighted by atomic mass is 9.97. The lowest BCUT2D eigenvalue weighted by Gasteiger charge is -2.32. The van der Waals surface area contributed by atoms with Crippen molar-refractivity contribution in [1.82, 2.24) is 40.7 Å². The summed E-state index contributed by atoms with van der Waals surface area (Å²) < 4.78 is 9.74. The van der Waals surface area contributed by atoms with Crippen molar-refractivity contribution in [1.29, 1.82) is 0 Å². The molecule has 62 heavy (non-hydrogen) atoms. The molecule has 5 aliphatic rings. The van der Waals surface area contributed by atoms with Crippen LogP contribution in [0.1, 0.15) is 68.8 Å². The van der Waals surface area contributed by atoms with E-state index < -0.39 is 24.3 Å². The summed E-state index contributed by atoms with van der Waals surface area (Å²) in [6, 6.07) is 14.6. The normalized spacial score (nSPS) is 22.0. The quantitative estimate of drug-likeness (QED) is 0.136. The average molecular weight is 838 g/mol. The van der Waals surface area contributed by atoms with Crippen LogP contribution in [0.2, 0.25) is 0 Å². The van der Waals surface area contributed by atoms with Crippen LogP contribution in [0.4, 0.5) is 9.59 Å². The van der Waals surface area contributed by atoms with E-state index in [0.717, 1.165) is 82.1 Å². The number of carbonyl (C=O) groups excluding carboxylic acids is 4. The number of nitrogens with one attached hydrogen (secondary N) is 4. The van der Waals surface area contributed by atoms with E-state index >= 15 is 0 Å². The molecule has 5 unspecified atom stereocenters. The van der Waals surface area contributed by atoms with Crippen molar-refractivity contribution in [3.05, 3.63) is 108 Å². The van der Waals surface area contributed by atoms with Crippen LogP contribution in [0, 0.1) is 0 Å². The van der Waals surface area contributed by atoms with Gasteiger partial charge in [-0.2, -0.15) is 0 Å². The first kappa shape index (κ1) is 40.8. The van der Waals surface area contributed by atoms with Gasteiger partial charge in [0, 0.05) is 25.2 Å². The van der Waals surface area contributed by atoms with Crippen LogP contribution in [0.3, 0.4) is 0 Å². The Bertz CT molecular complexity index is 2570. The minimum atomic E-state index is -0.814. The molecule has 2 aromatic carbocycles. The average Bonchev–Trinajstić information content (AvgIpc) is 4.16. The molecular weight excluding hydrogens is 787 g/mol. The fourth-order valence-electron chi connectivity index (χ4n) is 9.40. The van der Waals surface area contributed by atoms with Crippen LogP contribution in [0.5, 0.6) is 0 Å². The Hall–Kier alpha value is -6.61. The molecular formula is C47H51N9O6. The number of nitrogens with zero attached hydrogens (tertiary/aromatic N) is 5. The molecule has 5 atom stereocenters. The Morgan fingerprint density at radius 1 is 0.742 bits per heavy atom. The fraction of sp³-hybridized carbons (Fsp3) is 0.383. The summed E-state index contributed by atoms with van der Waals surface area (Å²) in [5, 5.41) is 11.2. The molecule has 15 heteroatoms. The first-order valence-electron chi connectivity index (χ1n) is 21.5. The summed E-state index contributed by atoms with van der Waals surface area (Å²) in [6.45, 7) is 1.74. The molecule has 0 saturated carbocycles. The van der Waals surface area contributed by atoms with Crippen LogP contribution in [-0.4, -0.2) is 113 Å². The minimum absolute atomic E-state index is 0.134. The van der Waals surface area contributed by atoms with E-state index in [4.69, 9.17) is 24.4 Å². The zero-order chi connectivity index (χ0) is 42.7. The number of ether oxygens (including phenoxy) is 2. The highest BCUT2D eigenvalue weighted by atomic mass is 16.5. The second kappa shape index (κ2) is 17.8. The van der Waals surface area contributed by atoms with Crippen molar-refractivity contribution < 1.29 is 28.7 Å². The van der Waals surface area contributed by atoms with Crippen molar-refractivity contribution in [3.63, 3.8) is 0 Å². The smallest absolute Gasteiger partial charge is 0.407 e. The topological polar surface area (TPSA) is 183 Å².